The molecule has 2 N–H and O–H groups in total. The molecule has 0 unspecified atom stereocenters. The molecule has 0 radical (unpaired) electrons. The first kappa shape index (κ1) is 30.7. The molecule has 0 aliphatic carbocycles. The van der Waals surface area contributed by atoms with E-state index in [1.807, 2.05) is 79.1 Å². The summed E-state index contributed by atoms with van der Waals surface area (Å²) in [4.78, 5) is 25.2. The van der Waals surface area contributed by atoms with E-state index in [2.05, 4.69) is 5.32 Å². The topological polar surface area (TPSA) is 104 Å². The first-order valence-electron chi connectivity index (χ1n) is 14.0. The van der Waals surface area contributed by atoms with Crippen molar-refractivity contribution >= 4 is 17.6 Å². The number of amides is 1. The number of aliphatic hydroxyl groups is 1. The van der Waals surface area contributed by atoms with Crippen LogP contribution in [-0.2, 0) is 16.1 Å². The SMILES string of the molecule is CO[C@@H](CC(=O)[O-])C[C@H](O)CCn1c(-c2ccc(F)cc2)c(-c2ccccc2)c(C(=O)Nc2ccccc2)c1C(C)C. The van der Waals surface area contributed by atoms with E-state index in [0.717, 1.165) is 22.5 Å². The Hall–Kier alpha value is -4.27. The van der Waals surface area contributed by atoms with E-state index < -0.39 is 18.2 Å². The highest BCUT2D eigenvalue weighted by atomic mass is 19.1. The lowest BCUT2D eigenvalue weighted by atomic mass is 9.94. The number of carboxylic acids is 1. The Labute approximate surface area is 245 Å². The third kappa shape index (κ3) is 7.32. The highest BCUT2D eigenvalue weighted by molar-refractivity contribution is 6.12. The third-order valence-electron chi connectivity index (χ3n) is 7.24. The minimum atomic E-state index is -1.25. The molecule has 7 nitrogen and oxygen atoms in total. The van der Waals surface area contributed by atoms with Crippen molar-refractivity contribution in [2.24, 2.45) is 0 Å². The number of carboxylic acid groups (broad SMARTS) is 1. The van der Waals surface area contributed by atoms with Gasteiger partial charge in [0.25, 0.3) is 5.91 Å². The molecule has 0 fully saturated rings. The van der Waals surface area contributed by atoms with Crippen molar-refractivity contribution < 1.29 is 28.9 Å². The standard InChI is InChI=1S/C34H37FN2O5/c1-22(2)32-31(34(41)36-26-12-8-5-9-13-26)30(23-10-6-4-7-11-23)33(24-14-16-25(35)17-15-24)37(32)19-18-27(38)20-28(42-3)21-29(39)40/h4-17,22,27-28,38H,18-21H2,1-3H3,(H,36,41)(H,39,40)/p-1/t27-,28-/m1/s1. The Morgan fingerprint density at radius 1 is 0.952 bits per heavy atom. The minimum absolute atomic E-state index is 0.0971. The van der Waals surface area contributed by atoms with Crippen molar-refractivity contribution in [3.05, 3.63) is 102 Å². The fourth-order valence-corrected chi connectivity index (χ4v) is 5.36. The van der Waals surface area contributed by atoms with Gasteiger partial charge in [0.1, 0.15) is 5.82 Å². The van der Waals surface area contributed by atoms with Gasteiger partial charge in [-0.2, -0.15) is 0 Å². The zero-order valence-corrected chi connectivity index (χ0v) is 24.0. The van der Waals surface area contributed by atoms with Crippen LogP contribution in [0.3, 0.4) is 0 Å². The lowest BCUT2D eigenvalue weighted by Gasteiger charge is -2.22. The number of nitrogens with one attached hydrogen (secondary N) is 1. The smallest absolute Gasteiger partial charge is 0.258 e. The number of aromatic nitrogens is 1. The Morgan fingerprint density at radius 2 is 1.57 bits per heavy atom. The van der Waals surface area contributed by atoms with Crippen molar-refractivity contribution in [2.75, 3.05) is 12.4 Å². The van der Waals surface area contributed by atoms with Crippen LogP contribution in [0.25, 0.3) is 22.4 Å². The second-order valence-electron chi connectivity index (χ2n) is 10.6. The van der Waals surface area contributed by atoms with E-state index in [4.69, 9.17) is 4.74 Å². The lowest BCUT2D eigenvalue weighted by Crippen LogP contribution is -2.31. The molecular weight excluding hydrogens is 535 g/mol. The summed E-state index contributed by atoms with van der Waals surface area (Å²) in [5, 5.41) is 25.1. The highest BCUT2D eigenvalue weighted by Gasteiger charge is 2.31. The maximum Gasteiger partial charge on any atom is 0.258 e. The van der Waals surface area contributed by atoms with Crippen molar-refractivity contribution in [1.29, 1.82) is 0 Å². The van der Waals surface area contributed by atoms with Gasteiger partial charge in [0.2, 0.25) is 0 Å². The fourth-order valence-electron chi connectivity index (χ4n) is 5.36. The molecule has 4 aromatic rings. The van der Waals surface area contributed by atoms with E-state index in [1.165, 1.54) is 19.2 Å². The first-order valence-corrected chi connectivity index (χ1v) is 14.0. The van der Waals surface area contributed by atoms with Crippen LogP contribution in [-0.4, -0.2) is 40.9 Å². The molecule has 8 heteroatoms. The van der Waals surface area contributed by atoms with Crippen LogP contribution >= 0.6 is 0 Å². The molecule has 0 saturated heterocycles. The lowest BCUT2D eigenvalue weighted by molar-refractivity contribution is -0.307. The quantitative estimate of drug-likeness (QED) is 0.216. The number of para-hydroxylation sites is 1. The van der Waals surface area contributed by atoms with E-state index >= 15 is 0 Å². The summed E-state index contributed by atoms with van der Waals surface area (Å²) in [6.07, 6.45) is -1.51. The molecule has 0 spiro atoms. The Bertz CT molecular complexity index is 1480. The summed E-state index contributed by atoms with van der Waals surface area (Å²) in [5.74, 6) is -2.00. The van der Waals surface area contributed by atoms with Gasteiger partial charge in [-0.3, -0.25) is 4.79 Å². The zero-order chi connectivity index (χ0) is 30.2. The van der Waals surface area contributed by atoms with Crippen LogP contribution in [0.5, 0.6) is 0 Å². The van der Waals surface area contributed by atoms with Crippen LogP contribution < -0.4 is 10.4 Å². The van der Waals surface area contributed by atoms with Crippen molar-refractivity contribution in [3.63, 3.8) is 0 Å². The molecular formula is C34H36FN2O5-. The fraction of sp³-hybridized carbons (Fsp3) is 0.294. The number of aliphatic carboxylic acids is 1. The summed E-state index contributed by atoms with van der Waals surface area (Å²) in [7, 11) is 1.40. The number of rotatable bonds is 13. The molecule has 0 bridgehead atoms. The molecule has 0 aliphatic rings. The first-order chi connectivity index (χ1) is 20.2. The molecule has 1 aromatic heterocycles. The van der Waals surface area contributed by atoms with Gasteiger partial charge >= 0.3 is 0 Å². The molecule has 1 amide bonds. The zero-order valence-electron chi connectivity index (χ0n) is 24.0. The average Bonchev–Trinajstić information content (AvgIpc) is 3.32. The van der Waals surface area contributed by atoms with Crippen molar-refractivity contribution in [2.45, 2.75) is 57.8 Å². The van der Waals surface area contributed by atoms with Gasteiger partial charge < -0.3 is 29.6 Å². The summed E-state index contributed by atoms with van der Waals surface area (Å²) in [5.41, 5.74) is 4.91. The van der Waals surface area contributed by atoms with Crippen molar-refractivity contribution in [1.82, 2.24) is 4.57 Å². The van der Waals surface area contributed by atoms with Crippen LogP contribution in [0.15, 0.2) is 84.9 Å². The Kier molecular flexibility index (Phi) is 10.3. The summed E-state index contributed by atoms with van der Waals surface area (Å²) in [6, 6.07) is 25.0. The molecule has 0 saturated carbocycles. The van der Waals surface area contributed by atoms with Gasteiger partial charge in [-0.05, 0) is 66.3 Å². The predicted octanol–water partition coefficient (Wildman–Crippen LogP) is 5.63. The van der Waals surface area contributed by atoms with Crippen LogP contribution in [0.1, 0.15) is 55.1 Å². The van der Waals surface area contributed by atoms with Gasteiger partial charge in [0, 0.05) is 43.0 Å². The van der Waals surface area contributed by atoms with Gasteiger partial charge in [0.05, 0.1) is 23.5 Å². The number of aliphatic hydroxyl groups excluding tert-OH is 1. The molecule has 4 rings (SSSR count). The Balaban J connectivity index is 1.88. The summed E-state index contributed by atoms with van der Waals surface area (Å²) < 4.78 is 21.3. The number of hydrogen-bond donors (Lipinski definition) is 2. The van der Waals surface area contributed by atoms with Gasteiger partial charge in [-0.1, -0.05) is 62.4 Å². The van der Waals surface area contributed by atoms with E-state index in [1.54, 1.807) is 12.1 Å². The molecule has 0 aliphatic heterocycles. The number of methoxy groups -OCH3 is 1. The average molecular weight is 572 g/mol. The van der Waals surface area contributed by atoms with Gasteiger partial charge in [0.15, 0.2) is 0 Å². The number of halogens is 1. The van der Waals surface area contributed by atoms with Crippen LogP contribution in [0.4, 0.5) is 10.1 Å². The second kappa shape index (κ2) is 14.1. The second-order valence-corrected chi connectivity index (χ2v) is 10.6. The molecule has 42 heavy (non-hydrogen) atoms. The van der Waals surface area contributed by atoms with Crippen LogP contribution in [0.2, 0.25) is 0 Å². The highest BCUT2D eigenvalue weighted by Crippen LogP contribution is 2.42. The van der Waals surface area contributed by atoms with Gasteiger partial charge in [-0.25, -0.2) is 4.39 Å². The maximum absolute atomic E-state index is 14.1. The Morgan fingerprint density at radius 3 is 2.14 bits per heavy atom. The predicted molar refractivity (Wildman–Crippen MR) is 159 cm³/mol. The number of carbonyl (C=O) groups is 2. The van der Waals surface area contributed by atoms with E-state index in [-0.39, 0.29) is 36.9 Å². The third-order valence-corrected chi connectivity index (χ3v) is 7.24. The number of anilines is 1. The molecule has 1 heterocycles. The van der Waals surface area contributed by atoms with Gasteiger partial charge in [-0.15, -0.1) is 0 Å². The number of ether oxygens (including phenoxy) is 1. The van der Waals surface area contributed by atoms with Crippen LogP contribution in [0, 0.1) is 5.82 Å². The molecule has 2 atom stereocenters. The number of benzene rings is 3. The number of hydrogen-bond acceptors (Lipinski definition) is 5. The van der Waals surface area contributed by atoms with Crippen molar-refractivity contribution in [3.8, 4) is 22.4 Å². The minimum Gasteiger partial charge on any atom is -0.550 e. The monoisotopic (exact) mass is 571 g/mol. The summed E-state index contributed by atoms with van der Waals surface area (Å²) >= 11 is 0. The molecule has 3 aromatic carbocycles. The number of carbonyl (C=O) groups excluding carboxylic acids is 2. The maximum atomic E-state index is 14.1. The number of nitrogens with zero attached hydrogens (tertiary/aromatic N) is 1. The van der Waals surface area contributed by atoms with E-state index in [0.29, 0.717) is 23.4 Å². The largest absolute Gasteiger partial charge is 0.550 e. The van der Waals surface area contributed by atoms with E-state index in [9.17, 15) is 24.2 Å². The normalized spacial score (nSPS) is 12.7. The summed E-state index contributed by atoms with van der Waals surface area (Å²) in [6.45, 7) is 4.33. The molecule has 220 valence electrons.